The monoisotopic (exact) mass is 351 g/mol. The number of benzene rings is 3. The van der Waals surface area contributed by atoms with E-state index in [2.05, 4.69) is 81.2 Å². The molecular formula is C18H10BrNS. The van der Waals surface area contributed by atoms with Crippen LogP contribution in [-0.4, -0.2) is 4.57 Å². The second kappa shape index (κ2) is 4.15. The molecule has 0 amide bonds. The standard InChI is InChI=1S/C18H10BrNS/c19-11-8-9-14-13(10-11)12-4-3-7-17-18(12)20(14)15-5-1-2-6-16(15)21-17/h1-10H. The molecular weight excluding hydrogens is 342 g/mol. The third kappa shape index (κ3) is 1.53. The van der Waals surface area contributed by atoms with E-state index in [-0.39, 0.29) is 0 Å². The van der Waals surface area contributed by atoms with Gasteiger partial charge < -0.3 is 4.57 Å². The zero-order valence-electron chi connectivity index (χ0n) is 11.0. The van der Waals surface area contributed by atoms with Crippen LogP contribution in [0, 0.1) is 0 Å². The molecule has 3 heteroatoms. The van der Waals surface area contributed by atoms with Crippen molar-refractivity contribution in [2.45, 2.75) is 9.79 Å². The van der Waals surface area contributed by atoms with E-state index in [0.717, 1.165) is 4.47 Å². The largest absolute Gasteiger partial charge is 0.307 e. The SMILES string of the molecule is Brc1ccc2c(c1)c1cccc3c1n2-c1ccccc1S3. The Hall–Kier alpha value is -1.71. The normalized spacial score (nSPS) is 12.8. The lowest BCUT2D eigenvalue weighted by molar-refractivity contribution is 1.09. The van der Waals surface area contributed by atoms with E-state index < -0.39 is 0 Å². The first-order valence-electron chi connectivity index (χ1n) is 6.83. The lowest BCUT2D eigenvalue weighted by atomic mass is 10.1. The fourth-order valence-corrected chi connectivity index (χ4v) is 4.64. The molecule has 0 N–H and O–H groups in total. The first-order valence-corrected chi connectivity index (χ1v) is 8.44. The third-order valence-corrected chi connectivity index (χ3v) is 5.65. The smallest absolute Gasteiger partial charge is 0.0681 e. The molecule has 0 bridgehead atoms. The lowest BCUT2D eigenvalue weighted by Gasteiger charge is -2.19. The number of fused-ring (bicyclic) bond motifs is 5. The lowest BCUT2D eigenvalue weighted by Crippen LogP contribution is -2.00. The summed E-state index contributed by atoms with van der Waals surface area (Å²) in [4.78, 5) is 2.65. The van der Waals surface area contributed by atoms with Gasteiger partial charge in [0.1, 0.15) is 0 Å². The number of para-hydroxylation sites is 2. The van der Waals surface area contributed by atoms with Gasteiger partial charge in [0.25, 0.3) is 0 Å². The maximum atomic E-state index is 3.60. The minimum absolute atomic E-state index is 1.12. The molecule has 0 unspecified atom stereocenters. The molecule has 0 radical (unpaired) electrons. The number of nitrogens with zero attached hydrogens (tertiary/aromatic N) is 1. The Morgan fingerprint density at radius 3 is 2.62 bits per heavy atom. The van der Waals surface area contributed by atoms with Gasteiger partial charge in [-0.15, -0.1) is 0 Å². The molecule has 2 heterocycles. The van der Waals surface area contributed by atoms with E-state index in [4.69, 9.17) is 0 Å². The van der Waals surface area contributed by atoms with Gasteiger partial charge in [-0.2, -0.15) is 0 Å². The molecule has 1 aromatic heterocycles. The summed E-state index contributed by atoms with van der Waals surface area (Å²) in [5, 5.41) is 2.63. The summed E-state index contributed by atoms with van der Waals surface area (Å²) in [7, 11) is 0. The maximum Gasteiger partial charge on any atom is 0.0681 e. The Morgan fingerprint density at radius 2 is 1.67 bits per heavy atom. The highest BCUT2D eigenvalue weighted by atomic mass is 79.9. The van der Waals surface area contributed by atoms with Gasteiger partial charge in [0.2, 0.25) is 0 Å². The number of rotatable bonds is 0. The Labute approximate surface area is 134 Å². The van der Waals surface area contributed by atoms with Crippen molar-refractivity contribution in [1.29, 1.82) is 0 Å². The highest BCUT2D eigenvalue weighted by molar-refractivity contribution is 9.10. The molecule has 1 aliphatic heterocycles. The van der Waals surface area contributed by atoms with Crippen molar-refractivity contribution in [3.63, 3.8) is 0 Å². The zero-order valence-corrected chi connectivity index (χ0v) is 13.4. The topological polar surface area (TPSA) is 4.93 Å². The van der Waals surface area contributed by atoms with Crippen molar-refractivity contribution in [2.75, 3.05) is 0 Å². The highest BCUT2D eigenvalue weighted by Gasteiger charge is 2.22. The van der Waals surface area contributed by atoms with E-state index in [1.807, 2.05) is 11.8 Å². The van der Waals surface area contributed by atoms with Crippen LogP contribution in [0.25, 0.3) is 27.5 Å². The average Bonchev–Trinajstić information content (AvgIpc) is 2.84. The van der Waals surface area contributed by atoms with Gasteiger partial charge in [0.15, 0.2) is 0 Å². The van der Waals surface area contributed by atoms with Crippen molar-refractivity contribution in [3.8, 4) is 5.69 Å². The van der Waals surface area contributed by atoms with Crippen molar-refractivity contribution in [2.24, 2.45) is 0 Å². The van der Waals surface area contributed by atoms with E-state index in [1.165, 1.54) is 37.3 Å². The van der Waals surface area contributed by atoms with Crippen LogP contribution in [0.1, 0.15) is 0 Å². The van der Waals surface area contributed by atoms with Crippen LogP contribution in [0.2, 0.25) is 0 Å². The molecule has 5 rings (SSSR count). The van der Waals surface area contributed by atoms with Crippen molar-refractivity contribution < 1.29 is 0 Å². The van der Waals surface area contributed by atoms with Crippen molar-refractivity contribution in [3.05, 3.63) is 65.1 Å². The van der Waals surface area contributed by atoms with E-state index in [1.54, 1.807) is 0 Å². The molecule has 1 aliphatic rings. The number of hydrogen-bond donors (Lipinski definition) is 0. The van der Waals surface area contributed by atoms with Crippen LogP contribution < -0.4 is 0 Å². The van der Waals surface area contributed by atoms with Crippen molar-refractivity contribution >= 4 is 49.5 Å². The fourth-order valence-electron chi connectivity index (χ4n) is 3.19. The Kier molecular flexibility index (Phi) is 2.35. The first-order chi connectivity index (χ1) is 10.3. The molecule has 21 heavy (non-hydrogen) atoms. The van der Waals surface area contributed by atoms with Crippen LogP contribution in [0.4, 0.5) is 0 Å². The molecule has 0 atom stereocenters. The number of hydrogen-bond acceptors (Lipinski definition) is 1. The van der Waals surface area contributed by atoms with Crippen LogP contribution in [0.3, 0.4) is 0 Å². The highest BCUT2D eigenvalue weighted by Crippen LogP contribution is 2.46. The van der Waals surface area contributed by atoms with Crippen LogP contribution in [0.15, 0.2) is 74.9 Å². The van der Waals surface area contributed by atoms with Gasteiger partial charge in [0, 0.05) is 25.0 Å². The summed E-state index contributed by atoms with van der Waals surface area (Å²) in [5.41, 5.74) is 3.88. The van der Waals surface area contributed by atoms with Crippen LogP contribution >= 0.6 is 27.7 Å². The van der Waals surface area contributed by atoms with E-state index in [9.17, 15) is 0 Å². The van der Waals surface area contributed by atoms with E-state index >= 15 is 0 Å². The quantitative estimate of drug-likeness (QED) is 0.330. The second-order valence-corrected chi connectivity index (χ2v) is 7.22. The summed E-state index contributed by atoms with van der Waals surface area (Å²) in [6, 6.07) is 21.8. The van der Waals surface area contributed by atoms with Crippen LogP contribution in [0.5, 0.6) is 0 Å². The predicted octanol–water partition coefficient (Wildman–Crippen LogP) is 6.01. The van der Waals surface area contributed by atoms with Gasteiger partial charge in [0.05, 0.1) is 16.7 Å². The minimum Gasteiger partial charge on any atom is -0.307 e. The first kappa shape index (κ1) is 11.9. The summed E-state index contributed by atoms with van der Waals surface area (Å²) in [6.07, 6.45) is 0. The van der Waals surface area contributed by atoms with Crippen LogP contribution in [-0.2, 0) is 0 Å². The second-order valence-electron chi connectivity index (χ2n) is 5.22. The van der Waals surface area contributed by atoms with Gasteiger partial charge >= 0.3 is 0 Å². The molecule has 0 fully saturated rings. The Morgan fingerprint density at radius 1 is 0.810 bits per heavy atom. The number of halogens is 1. The Bertz CT molecular complexity index is 1030. The third-order valence-electron chi connectivity index (χ3n) is 4.04. The van der Waals surface area contributed by atoms with E-state index in [0.29, 0.717) is 0 Å². The molecule has 1 nitrogen and oxygen atoms in total. The summed E-state index contributed by atoms with van der Waals surface area (Å²) in [6.45, 7) is 0. The zero-order chi connectivity index (χ0) is 14.0. The van der Waals surface area contributed by atoms with Gasteiger partial charge in [-0.25, -0.2) is 0 Å². The number of aromatic nitrogens is 1. The fraction of sp³-hybridized carbons (Fsp3) is 0. The molecule has 3 aromatic carbocycles. The molecule has 0 saturated carbocycles. The maximum absolute atomic E-state index is 3.60. The summed E-state index contributed by atoms with van der Waals surface area (Å²) >= 11 is 5.46. The minimum atomic E-state index is 1.12. The molecule has 0 spiro atoms. The summed E-state index contributed by atoms with van der Waals surface area (Å²) in [5.74, 6) is 0. The Balaban J connectivity index is 2.10. The molecule has 4 aromatic rings. The summed E-state index contributed by atoms with van der Waals surface area (Å²) < 4.78 is 3.53. The van der Waals surface area contributed by atoms with Gasteiger partial charge in [-0.3, -0.25) is 0 Å². The predicted molar refractivity (Wildman–Crippen MR) is 92.6 cm³/mol. The molecule has 0 saturated heterocycles. The van der Waals surface area contributed by atoms with Gasteiger partial charge in [-0.05, 0) is 36.4 Å². The average molecular weight is 352 g/mol. The van der Waals surface area contributed by atoms with Gasteiger partial charge in [-0.1, -0.05) is 52.0 Å². The molecule has 100 valence electrons. The van der Waals surface area contributed by atoms with Crippen molar-refractivity contribution in [1.82, 2.24) is 4.57 Å². The molecule has 0 aliphatic carbocycles.